The van der Waals surface area contributed by atoms with Crippen molar-refractivity contribution in [1.82, 2.24) is 0 Å². The van der Waals surface area contributed by atoms with Gasteiger partial charge in [0.05, 0.1) is 17.3 Å². The SMILES string of the molecule is CC(C)[C@]1(O)CC[C@]2(C)C=C[C@](C)(O)C[C@H](O)[C@@H]21. The van der Waals surface area contributed by atoms with E-state index in [1.165, 1.54) is 0 Å². The maximum Gasteiger partial charge on any atom is 0.0824 e. The van der Waals surface area contributed by atoms with Crippen molar-refractivity contribution in [1.29, 1.82) is 0 Å². The molecule has 0 unspecified atom stereocenters. The molecule has 0 saturated heterocycles. The standard InChI is InChI=1S/C15H26O3/c1-10(2)15(18)8-6-13(3)5-7-14(4,17)9-11(16)12(13)15/h5,7,10-12,16-18H,6,8-9H2,1-4H3/t11-,12-,13-,14-,15+/m0/s1. The molecule has 1 fully saturated rings. The lowest BCUT2D eigenvalue weighted by Gasteiger charge is -2.42. The number of hydrogen-bond acceptors (Lipinski definition) is 3. The molecule has 0 spiro atoms. The minimum Gasteiger partial charge on any atom is -0.393 e. The smallest absolute Gasteiger partial charge is 0.0824 e. The Morgan fingerprint density at radius 3 is 2.28 bits per heavy atom. The number of aliphatic hydroxyl groups is 3. The first-order valence-electron chi connectivity index (χ1n) is 6.94. The summed E-state index contributed by atoms with van der Waals surface area (Å²) in [6.07, 6.45) is 5.00. The van der Waals surface area contributed by atoms with Crippen molar-refractivity contribution in [3.8, 4) is 0 Å². The van der Waals surface area contributed by atoms with Crippen molar-refractivity contribution >= 4 is 0 Å². The van der Waals surface area contributed by atoms with Crippen molar-refractivity contribution < 1.29 is 15.3 Å². The minimum atomic E-state index is -0.981. The molecule has 3 nitrogen and oxygen atoms in total. The van der Waals surface area contributed by atoms with Crippen LogP contribution < -0.4 is 0 Å². The lowest BCUT2D eigenvalue weighted by atomic mass is 9.69. The van der Waals surface area contributed by atoms with Gasteiger partial charge in [-0.3, -0.25) is 0 Å². The van der Waals surface area contributed by atoms with Crippen molar-refractivity contribution in [3.63, 3.8) is 0 Å². The van der Waals surface area contributed by atoms with Crippen LogP contribution in [0, 0.1) is 17.3 Å². The Labute approximate surface area is 110 Å². The Kier molecular flexibility index (Phi) is 3.16. The molecule has 5 atom stereocenters. The summed E-state index contributed by atoms with van der Waals surface area (Å²) in [5.41, 5.74) is -2.04. The van der Waals surface area contributed by atoms with E-state index in [0.29, 0.717) is 6.42 Å². The van der Waals surface area contributed by atoms with Crippen LogP contribution in [0.4, 0.5) is 0 Å². The summed E-state index contributed by atoms with van der Waals surface area (Å²) >= 11 is 0. The molecule has 3 heteroatoms. The molecular weight excluding hydrogens is 228 g/mol. The zero-order valence-electron chi connectivity index (χ0n) is 11.8. The summed E-state index contributed by atoms with van der Waals surface area (Å²) in [5.74, 6) is -0.0920. The van der Waals surface area contributed by atoms with Gasteiger partial charge < -0.3 is 15.3 Å². The molecule has 0 heterocycles. The second-order valence-corrected chi connectivity index (χ2v) is 7.09. The molecule has 0 radical (unpaired) electrons. The molecule has 0 bridgehead atoms. The van der Waals surface area contributed by atoms with Crippen LogP contribution in [0.5, 0.6) is 0 Å². The molecular formula is C15H26O3. The third-order valence-corrected chi connectivity index (χ3v) is 5.14. The molecule has 0 aromatic rings. The number of hydrogen-bond donors (Lipinski definition) is 3. The number of rotatable bonds is 1. The topological polar surface area (TPSA) is 60.7 Å². The molecule has 2 aliphatic carbocycles. The predicted octanol–water partition coefficient (Wildman–Crippen LogP) is 1.86. The summed E-state index contributed by atoms with van der Waals surface area (Å²) < 4.78 is 0. The highest BCUT2D eigenvalue weighted by Gasteiger charge is 2.58. The lowest BCUT2D eigenvalue weighted by molar-refractivity contribution is -0.112. The fraction of sp³-hybridized carbons (Fsp3) is 0.867. The first kappa shape index (κ1) is 14.0. The van der Waals surface area contributed by atoms with E-state index >= 15 is 0 Å². The van der Waals surface area contributed by atoms with Crippen molar-refractivity contribution in [2.75, 3.05) is 0 Å². The van der Waals surface area contributed by atoms with Gasteiger partial charge in [0.2, 0.25) is 0 Å². The Hall–Kier alpha value is -0.380. The molecule has 1 saturated carbocycles. The fourth-order valence-electron chi connectivity index (χ4n) is 3.94. The average molecular weight is 254 g/mol. The fourth-order valence-corrected chi connectivity index (χ4v) is 3.94. The maximum atomic E-state index is 10.9. The Bertz CT molecular complexity index is 361. The highest BCUT2D eigenvalue weighted by Crippen LogP contribution is 2.56. The van der Waals surface area contributed by atoms with Crippen LogP contribution in [0.15, 0.2) is 12.2 Å². The summed E-state index contributed by atoms with van der Waals surface area (Å²) in [6, 6.07) is 0. The van der Waals surface area contributed by atoms with E-state index in [1.54, 1.807) is 13.0 Å². The summed E-state index contributed by atoms with van der Waals surface area (Å²) in [7, 11) is 0. The molecule has 3 N–H and O–H groups in total. The molecule has 104 valence electrons. The zero-order valence-corrected chi connectivity index (χ0v) is 11.8. The van der Waals surface area contributed by atoms with E-state index in [4.69, 9.17) is 0 Å². The zero-order chi connectivity index (χ0) is 13.8. The van der Waals surface area contributed by atoms with Gasteiger partial charge in [-0.05, 0) is 31.1 Å². The van der Waals surface area contributed by atoms with Crippen molar-refractivity contribution in [2.24, 2.45) is 17.3 Å². The molecule has 2 rings (SSSR count). The number of allylic oxidation sites excluding steroid dienone is 1. The first-order chi connectivity index (χ1) is 8.11. The quantitative estimate of drug-likeness (QED) is 0.626. The Balaban J connectivity index is 2.43. The third-order valence-electron chi connectivity index (χ3n) is 5.14. The lowest BCUT2D eigenvalue weighted by Crippen LogP contribution is -2.49. The van der Waals surface area contributed by atoms with E-state index in [0.717, 1.165) is 12.8 Å². The monoisotopic (exact) mass is 254 g/mol. The van der Waals surface area contributed by atoms with Gasteiger partial charge in [-0.25, -0.2) is 0 Å². The third kappa shape index (κ3) is 2.02. The van der Waals surface area contributed by atoms with E-state index in [-0.39, 0.29) is 17.3 Å². The summed E-state index contributed by atoms with van der Waals surface area (Å²) in [4.78, 5) is 0. The molecule has 0 aromatic heterocycles. The predicted molar refractivity (Wildman–Crippen MR) is 71.0 cm³/mol. The van der Waals surface area contributed by atoms with Crippen LogP contribution in [0.25, 0.3) is 0 Å². The van der Waals surface area contributed by atoms with Gasteiger partial charge >= 0.3 is 0 Å². The number of aliphatic hydroxyl groups excluding tert-OH is 1. The molecule has 0 amide bonds. The van der Waals surface area contributed by atoms with Gasteiger partial charge in [-0.1, -0.05) is 32.9 Å². The van der Waals surface area contributed by atoms with E-state index in [2.05, 4.69) is 6.92 Å². The molecule has 0 aromatic carbocycles. The van der Waals surface area contributed by atoms with Gasteiger partial charge in [0, 0.05) is 12.3 Å². The van der Waals surface area contributed by atoms with Gasteiger partial charge in [0.15, 0.2) is 0 Å². The second kappa shape index (κ2) is 4.06. The second-order valence-electron chi connectivity index (χ2n) is 7.09. The average Bonchev–Trinajstić information content (AvgIpc) is 2.45. The highest BCUT2D eigenvalue weighted by atomic mass is 16.3. The van der Waals surface area contributed by atoms with Crippen molar-refractivity contribution in [2.45, 2.75) is 64.3 Å². The minimum absolute atomic E-state index is 0.107. The van der Waals surface area contributed by atoms with E-state index in [1.807, 2.05) is 19.9 Å². The van der Waals surface area contributed by atoms with Crippen LogP contribution in [-0.4, -0.2) is 32.6 Å². The van der Waals surface area contributed by atoms with Crippen LogP contribution >= 0.6 is 0 Å². The van der Waals surface area contributed by atoms with E-state index < -0.39 is 17.3 Å². The van der Waals surface area contributed by atoms with Crippen LogP contribution in [0.2, 0.25) is 0 Å². The molecule has 2 aliphatic rings. The Morgan fingerprint density at radius 2 is 1.72 bits per heavy atom. The van der Waals surface area contributed by atoms with Gasteiger partial charge in [0.25, 0.3) is 0 Å². The van der Waals surface area contributed by atoms with Gasteiger partial charge in [-0.15, -0.1) is 0 Å². The van der Waals surface area contributed by atoms with Crippen LogP contribution in [0.1, 0.15) is 47.0 Å². The highest BCUT2D eigenvalue weighted by molar-refractivity contribution is 5.20. The summed E-state index contributed by atoms with van der Waals surface area (Å²) in [5, 5.41) is 31.6. The maximum absolute atomic E-state index is 10.9. The van der Waals surface area contributed by atoms with Crippen molar-refractivity contribution in [3.05, 3.63) is 12.2 Å². The van der Waals surface area contributed by atoms with Gasteiger partial charge in [0.1, 0.15) is 0 Å². The Morgan fingerprint density at radius 1 is 1.11 bits per heavy atom. The van der Waals surface area contributed by atoms with Crippen LogP contribution in [0.3, 0.4) is 0 Å². The first-order valence-corrected chi connectivity index (χ1v) is 6.94. The largest absolute Gasteiger partial charge is 0.393 e. The summed E-state index contributed by atoms with van der Waals surface area (Å²) in [6.45, 7) is 7.81. The van der Waals surface area contributed by atoms with Crippen LogP contribution in [-0.2, 0) is 0 Å². The van der Waals surface area contributed by atoms with E-state index in [9.17, 15) is 15.3 Å². The normalized spacial score (nSPS) is 52.4. The molecule has 0 aliphatic heterocycles. The molecule has 18 heavy (non-hydrogen) atoms. The number of fused-ring (bicyclic) bond motifs is 1. The van der Waals surface area contributed by atoms with Gasteiger partial charge in [-0.2, -0.15) is 0 Å².